The van der Waals surface area contributed by atoms with E-state index in [0.717, 1.165) is 29.5 Å². The van der Waals surface area contributed by atoms with Gasteiger partial charge in [0.1, 0.15) is 0 Å². The lowest BCUT2D eigenvalue weighted by Crippen LogP contribution is -2.33. The Morgan fingerprint density at radius 1 is 1.10 bits per heavy atom. The first-order valence-electron chi connectivity index (χ1n) is 7.48. The van der Waals surface area contributed by atoms with Gasteiger partial charge in [-0.05, 0) is 50.8 Å². The summed E-state index contributed by atoms with van der Waals surface area (Å²) in [6.07, 6.45) is 1.93. The van der Waals surface area contributed by atoms with Crippen molar-refractivity contribution >= 4 is 5.91 Å². The molecule has 0 fully saturated rings. The highest BCUT2D eigenvalue weighted by atomic mass is 16.1. The molecule has 0 saturated heterocycles. The number of benzene rings is 2. The predicted octanol–water partition coefficient (Wildman–Crippen LogP) is 4.05. The van der Waals surface area contributed by atoms with Crippen LogP contribution in [0.4, 0.5) is 0 Å². The lowest BCUT2D eigenvalue weighted by atomic mass is 10.0. The van der Waals surface area contributed by atoms with E-state index in [1.807, 2.05) is 38.1 Å². The van der Waals surface area contributed by atoms with Crippen LogP contribution in [0.1, 0.15) is 40.4 Å². The number of carbonyl (C=O) groups excluding carboxylic acids is 1. The van der Waals surface area contributed by atoms with Crippen LogP contribution in [0, 0.1) is 13.8 Å². The molecule has 0 saturated carbocycles. The fraction of sp³-hybridized carbons (Fsp3) is 0.316. The van der Waals surface area contributed by atoms with Gasteiger partial charge in [0.05, 0.1) is 0 Å². The fourth-order valence-corrected chi connectivity index (χ4v) is 2.38. The monoisotopic (exact) mass is 281 g/mol. The molecule has 2 nitrogen and oxygen atoms in total. The second-order valence-electron chi connectivity index (χ2n) is 5.72. The molecule has 1 atom stereocenters. The van der Waals surface area contributed by atoms with E-state index in [2.05, 4.69) is 36.5 Å². The van der Waals surface area contributed by atoms with Gasteiger partial charge in [-0.25, -0.2) is 0 Å². The van der Waals surface area contributed by atoms with E-state index in [1.165, 1.54) is 5.56 Å². The summed E-state index contributed by atoms with van der Waals surface area (Å²) in [4.78, 5) is 12.3. The van der Waals surface area contributed by atoms with E-state index >= 15 is 0 Å². The minimum atomic E-state index is 0.0248. The maximum Gasteiger partial charge on any atom is 0.251 e. The third-order valence-corrected chi connectivity index (χ3v) is 3.72. The number of hydrogen-bond donors (Lipinski definition) is 1. The van der Waals surface area contributed by atoms with Crippen LogP contribution in [0.5, 0.6) is 0 Å². The number of aryl methyl sites for hydroxylation is 3. The van der Waals surface area contributed by atoms with Crippen LogP contribution in [0.3, 0.4) is 0 Å². The molecular formula is C19H23NO. The van der Waals surface area contributed by atoms with E-state index in [0.29, 0.717) is 0 Å². The number of rotatable bonds is 5. The standard InChI is InChI=1S/C19H23NO/c1-14-9-10-15(2)18(13-14)19(21)20-16(3)11-12-17-7-5-4-6-8-17/h4-10,13,16H,11-12H2,1-3H3,(H,20,21)/t16-/m1/s1. The molecular weight excluding hydrogens is 258 g/mol. The first kappa shape index (κ1) is 15.3. The topological polar surface area (TPSA) is 29.1 Å². The normalized spacial score (nSPS) is 12.0. The molecule has 0 aliphatic heterocycles. The van der Waals surface area contributed by atoms with Gasteiger partial charge in [0, 0.05) is 11.6 Å². The van der Waals surface area contributed by atoms with Crippen molar-refractivity contribution in [2.24, 2.45) is 0 Å². The van der Waals surface area contributed by atoms with E-state index in [9.17, 15) is 4.79 Å². The van der Waals surface area contributed by atoms with Gasteiger partial charge in [-0.1, -0.05) is 48.0 Å². The largest absolute Gasteiger partial charge is 0.350 e. The Morgan fingerprint density at radius 2 is 1.81 bits per heavy atom. The van der Waals surface area contributed by atoms with E-state index in [4.69, 9.17) is 0 Å². The third-order valence-electron chi connectivity index (χ3n) is 3.72. The molecule has 0 unspecified atom stereocenters. The summed E-state index contributed by atoms with van der Waals surface area (Å²) in [6, 6.07) is 16.5. The average molecular weight is 281 g/mol. The second-order valence-corrected chi connectivity index (χ2v) is 5.72. The van der Waals surface area contributed by atoms with Crippen molar-refractivity contribution in [3.63, 3.8) is 0 Å². The lowest BCUT2D eigenvalue weighted by Gasteiger charge is -2.15. The minimum absolute atomic E-state index is 0.0248. The zero-order chi connectivity index (χ0) is 15.2. The molecule has 0 bridgehead atoms. The molecule has 0 heterocycles. The Bertz CT molecular complexity index is 604. The van der Waals surface area contributed by atoms with Crippen LogP contribution < -0.4 is 5.32 Å². The zero-order valence-corrected chi connectivity index (χ0v) is 13.0. The Hall–Kier alpha value is -2.09. The van der Waals surface area contributed by atoms with E-state index in [-0.39, 0.29) is 11.9 Å². The molecule has 0 radical (unpaired) electrons. The highest BCUT2D eigenvalue weighted by molar-refractivity contribution is 5.95. The van der Waals surface area contributed by atoms with Crippen LogP contribution in [-0.2, 0) is 6.42 Å². The molecule has 1 amide bonds. The molecule has 2 aromatic rings. The van der Waals surface area contributed by atoms with Gasteiger partial charge in [-0.2, -0.15) is 0 Å². The molecule has 110 valence electrons. The second kappa shape index (κ2) is 7.07. The summed E-state index contributed by atoms with van der Waals surface area (Å²) in [6.45, 7) is 6.05. The Balaban J connectivity index is 1.91. The van der Waals surface area contributed by atoms with Gasteiger partial charge in [-0.3, -0.25) is 4.79 Å². The Kier molecular flexibility index (Phi) is 5.15. The smallest absolute Gasteiger partial charge is 0.251 e. The summed E-state index contributed by atoms with van der Waals surface area (Å²) in [7, 11) is 0. The molecule has 2 rings (SSSR count). The molecule has 1 N–H and O–H groups in total. The van der Waals surface area contributed by atoms with Crippen molar-refractivity contribution < 1.29 is 4.79 Å². The van der Waals surface area contributed by atoms with E-state index < -0.39 is 0 Å². The lowest BCUT2D eigenvalue weighted by molar-refractivity contribution is 0.0937. The zero-order valence-electron chi connectivity index (χ0n) is 13.0. The summed E-state index contributed by atoms with van der Waals surface area (Å²) in [5.74, 6) is 0.0248. The Morgan fingerprint density at radius 3 is 2.52 bits per heavy atom. The van der Waals surface area contributed by atoms with Crippen molar-refractivity contribution in [2.75, 3.05) is 0 Å². The number of hydrogen-bond acceptors (Lipinski definition) is 1. The Labute approximate surface area is 127 Å². The van der Waals surface area contributed by atoms with Crippen molar-refractivity contribution in [3.05, 3.63) is 70.8 Å². The molecule has 0 aliphatic rings. The SMILES string of the molecule is Cc1ccc(C)c(C(=O)N[C@H](C)CCc2ccccc2)c1. The maximum atomic E-state index is 12.3. The van der Waals surface area contributed by atoms with Gasteiger partial charge in [-0.15, -0.1) is 0 Å². The summed E-state index contributed by atoms with van der Waals surface area (Å²) in [5, 5.41) is 3.10. The third kappa shape index (κ3) is 4.45. The summed E-state index contributed by atoms with van der Waals surface area (Å²) in [5.41, 5.74) is 4.22. The van der Waals surface area contributed by atoms with Crippen LogP contribution in [0.2, 0.25) is 0 Å². The van der Waals surface area contributed by atoms with Crippen molar-refractivity contribution in [1.29, 1.82) is 0 Å². The predicted molar refractivity (Wildman–Crippen MR) is 87.6 cm³/mol. The van der Waals surface area contributed by atoms with Gasteiger partial charge < -0.3 is 5.32 Å². The quantitative estimate of drug-likeness (QED) is 0.880. The average Bonchev–Trinajstić information content (AvgIpc) is 2.48. The molecule has 0 spiro atoms. The number of carbonyl (C=O) groups is 1. The van der Waals surface area contributed by atoms with Crippen LogP contribution in [0.15, 0.2) is 48.5 Å². The molecule has 0 aromatic heterocycles. The fourth-order valence-electron chi connectivity index (χ4n) is 2.38. The highest BCUT2D eigenvalue weighted by Gasteiger charge is 2.12. The van der Waals surface area contributed by atoms with Gasteiger partial charge in [0.2, 0.25) is 0 Å². The van der Waals surface area contributed by atoms with Crippen LogP contribution in [-0.4, -0.2) is 11.9 Å². The van der Waals surface area contributed by atoms with Crippen molar-refractivity contribution in [2.45, 2.75) is 39.7 Å². The minimum Gasteiger partial charge on any atom is -0.350 e. The summed E-state index contributed by atoms with van der Waals surface area (Å²) >= 11 is 0. The molecule has 21 heavy (non-hydrogen) atoms. The van der Waals surface area contributed by atoms with Crippen LogP contribution >= 0.6 is 0 Å². The first-order valence-corrected chi connectivity index (χ1v) is 7.48. The van der Waals surface area contributed by atoms with Gasteiger partial charge in [0.25, 0.3) is 5.91 Å². The van der Waals surface area contributed by atoms with Crippen molar-refractivity contribution in [1.82, 2.24) is 5.32 Å². The molecule has 2 aromatic carbocycles. The van der Waals surface area contributed by atoms with Gasteiger partial charge in [0.15, 0.2) is 0 Å². The summed E-state index contributed by atoms with van der Waals surface area (Å²) < 4.78 is 0. The highest BCUT2D eigenvalue weighted by Crippen LogP contribution is 2.11. The van der Waals surface area contributed by atoms with Crippen molar-refractivity contribution in [3.8, 4) is 0 Å². The first-order chi connectivity index (χ1) is 10.1. The van der Waals surface area contributed by atoms with E-state index in [1.54, 1.807) is 0 Å². The van der Waals surface area contributed by atoms with Gasteiger partial charge >= 0.3 is 0 Å². The number of amides is 1. The van der Waals surface area contributed by atoms with Crippen LogP contribution in [0.25, 0.3) is 0 Å². The number of nitrogens with one attached hydrogen (secondary N) is 1. The molecule has 0 aliphatic carbocycles. The molecule has 2 heteroatoms. The maximum absolute atomic E-state index is 12.3.